The lowest BCUT2D eigenvalue weighted by Gasteiger charge is -2.14. The van der Waals surface area contributed by atoms with E-state index in [1.54, 1.807) is 24.4 Å². The van der Waals surface area contributed by atoms with Crippen molar-refractivity contribution in [3.05, 3.63) is 58.8 Å². The lowest BCUT2D eigenvalue weighted by Crippen LogP contribution is -2.27. The monoisotopic (exact) mass is 330 g/mol. The fourth-order valence-electron chi connectivity index (χ4n) is 2.02. The number of thioether (sulfide) groups is 1. The molecule has 1 amide bonds. The average Bonchev–Trinajstić information content (AvgIpc) is 3.09. The number of amides is 1. The lowest BCUT2D eigenvalue weighted by atomic mass is 10.2. The average molecular weight is 330 g/mol. The summed E-state index contributed by atoms with van der Waals surface area (Å²) in [6.45, 7) is 0. The summed E-state index contributed by atoms with van der Waals surface area (Å²) in [6, 6.07) is 9.75. The van der Waals surface area contributed by atoms with Gasteiger partial charge in [0.15, 0.2) is 4.32 Å². The molecular formula is C15H10N2O3S2. The first kappa shape index (κ1) is 14.6. The first-order valence-corrected chi connectivity index (χ1v) is 7.53. The number of aromatic carboxylic acids is 1. The molecule has 2 aromatic rings. The summed E-state index contributed by atoms with van der Waals surface area (Å²) in [5, 5.41) is 8.91. The van der Waals surface area contributed by atoms with Gasteiger partial charge in [-0.05, 0) is 42.5 Å². The standard InChI is InChI=1S/C15H10N2O3S2/c18-13-12(8-10-2-1-7-16-10)22-15(21)17(13)11-5-3-9(4-6-11)14(19)20/h1-8,16H,(H,19,20). The van der Waals surface area contributed by atoms with Gasteiger partial charge in [-0.2, -0.15) is 0 Å². The SMILES string of the molecule is O=C(O)c1ccc(N2C(=O)C(=Cc3ccc[nH]3)SC2=S)cc1. The van der Waals surface area contributed by atoms with Gasteiger partial charge >= 0.3 is 5.97 Å². The van der Waals surface area contributed by atoms with Crippen molar-refractivity contribution in [3.63, 3.8) is 0 Å². The first-order valence-electron chi connectivity index (χ1n) is 6.31. The van der Waals surface area contributed by atoms with E-state index in [0.29, 0.717) is 14.9 Å². The predicted molar refractivity (Wildman–Crippen MR) is 89.8 cm³/mol. The smallest absolute Gasteiger partial charge is 0.335 e. The van der Waals surface area contributed by atoms with Crippen LogP contribution in [0.5, 0.6) is 0 Å². The van der Waals surface area contributed by atoms with Gasteiger partial charge in [0.25, 0.3) is 5.91 Å². The highest BCUT2D eigenvalue weighted by Crippen LogP contribution is 2.35. The van der Waals surface area contributed by atoms with Crippen LogP contribution < -0.4 is 4.90 Å². The van der Waals surface area contributed by atoms with E-state index in [1.807, 2.05) is 12.1 Å². The number of carboxylic acids is 1. The molecule has 110 valence electrons. The Hall–Kier alpha value is -2.38. The van der Waals surface area contributed by atoms with Crippen LogP contribution in [0, 0.1) is 0 Å². The highest BCUT2D eigenvalue weighted by atomic mass is 32.2. The van der Waals surface area contributed by atoms with Crippen molar-refractivity contribution in [2.24, 2.45) is 0 Å². The molecule has 0 radical (unpaired) electrons. The van der Waals surface area contributed by atoms with Crippen LogP contribution in [0.4, 0.5) is 5.69 Å². The molecule has 0 bridgehead atoms. The lowest BCUT2D eigenvalue weighted by molar-refractivity contribution is -0.113. The van der Waals surface area contributed by atoms with E-state index in [1.165, 1.54) is 28.8 Å². The largest absolute Gasteiger partial charge is 0.478 e. The minimum Gasteiger partial charge on any atom is -0.478 e. The van der Waals surface area contributed by atoms with E-state index in [0.717, 1.165) is 5.69 Å². The zero-order valence-corrected chi connectivity index (χ0v) is 12.8. The molecule has 1 aromatic heterocycles. The van der Waals surface area contributed by atoms with Gasteiger partial charge in [-0.3, -0.25) is 9.69 Å². The van der Waals surface area contributed by atoms with Gasteiger partial charge < -0.3 is 10.1 Å². The third-order valence-corrected chi connectivity index (χ3v) is 4.38. The van der Waals surface area contributed by atoms with Gasteiger partial charge in [0, 0.05) is 11.9 Å². The Morgan fingerprint density at radius 3 is 2.59 bits per heavy atom. The summed E-state index contributed by atoms with van der Waals surface area (Å²) in [5.41, 5.74) is 1.54. The molecule has 1 saturated heterocycles. The fraction of sp³-hybridized carbons (Fsp3) is 0. The van der Waals surface area contributed by atoms with Crippen LogP contribution in [0.2, 0.25) is 0 Å². The van der Waals surface area contributed by atoms with E-state index in [2.05, 4.69) is 4.98 Å². The second-order valence-corrected chi connectivity index (χ2v) is 6.17. The minimum atomic E-state index is -1.01. The summed E-state index contributed by atoms with van der Waals surface area (Å²) in [7, 11) is 0. The molecule has 0 unspecified atom stereocenters. The summed E-state index contributed by atoms with van der Waals surface area (Å²) >= 11 is 6.48. The first-order chi connectivity index (χ1) is 10.6. The van der Waals surface area contributed by atoms with Crippen molar-refractivity contribution in [1.29, 1.82) is 0 Å². The molecule has 1 aliphatic rings. The van der Waals surface area contributed by atoms with Gasteiger partial charge in [0.2, 0.25) is 0 Å². The van der Waals surface area contributed by atoms with E-state index < -0.39 is 5.97 Å². The maximum absolute atomic E-state index is 12.5. The molecule has 7 heteroatoms. The Labute approximate surface area is 135 Å². The van der Waals surface area contributed by atoms with Crippen molar-refractivity contribution < 1.29 is 14.7 Å². The van der Waals surface area contributed by atoms with E-state index in [4.69, 9.17) is 17.3 Å². The van der Waals surface area contributed by atoms with Gasteiger partial charge in [-0.15, -0.1) is 0 Å². The number of aromatic amines is 1. The number of aromatic nitrogens is 1. The number of hydrogen-bond donors (Lipinski definition) is 2. The number of nitrogens with zero attached hydrogens (tertiary/aromatic N) is 1. The number of hydrogen-bond acceptors (Lipinski definition) is 4. The molecule has 3 rings (SSSR count). The van der Waals surface area contributed by atoms with E-state index in [-0.39, 0.29) is 11.5 Å². The van der Waals surface area contributed by atoms with Gasteiger partial charge in [-0.1, -0.05) is 24.0 Å². The molecule has 22 heavy (non-hydrogen) atoms. The molecule has 2 heterocycles. The van der Waals surface area contributed by atoms with Crippen LogP contribution in [0.3, 0.4) is 0 Å². The maximum Gasteiger partial charge on any atom is 0.335 e. The molecule has 2 N–H and O–H groups in total. The van der Waals surface area contributed by atoms with Crippen LogP contribution >= 0.6 is 24.0 Å². The van der Waals surface area contributed by atoms with Crippen molar-refractivity contribution in [1.82, 2.24) is 4.98 Å². The van der Waals surface area contributed by atoms with Crippen LogP contribution in [-0.2, 0) is 4.79 Å². The fourth-order valence-corrected chi connectivity index (χ4v) is 3.31. The van der Waals surface area contributed by atoms with E-state index >= 15 is 0 Å². The van der Waals surface area contributed by atoms with Crippen LogP contribution in [0.25, 0.3) is 6.08 Å². The third kappa shape index (κ3) is 2.68. The Kier molecular flexibility index (Phi) is 3.82. The Morgan fingerprint density at radius 1 is 1.27 bits per heavy atom. The normalized spacial score (nSPS) is 16.5. The number of benzene rings is 1. The second-order valence-electron chi connectivity index (χ2n) is 4.49. The Balaban J connectivity index is 1.90. The zero-order chi connectivity index (χ0) is 15.7. The van der Waals surface area contributed by atoms with Crippen molar-refractivity contribution in [2.75, 3.05) is 4.90 Å². The van der Waals surface area contributed by atoms with Gasteiger partial charge in [-0.25, -0.2) is 4.79 Å². The Bertz CT molecular complexity index is 780. The van der Waals surface area contributed by atoms with Crippen LogP contribution in [-0.4, -0.2) is 26.3 Å². The molecule has 0 aliphatic carbocycles. The highest BCUT2D eigenvalue weighted by molar-refractivity contribution is 8.27. The maximum atomic E-state index is 12.5. The van der Waals surface area contributed by atoms with Crippen molar-refractivity contribution >= 4 is 51.9 Å². The molecule has 0 atom stereocenters. The topological polar surface area (TPSA) is 73.4 Å². The molecule has 0 saturated carbocycles. The predicted octanol–water partition coefficient (Wildman–Crippen LogP) is 3.12. The molecule has 0 spiro atoms. The second kappa shape index (κ2) is 5.78. The summed E-state index contributed by atoms with van der Waals surface area (Å²) in [5.74, 6) is -1.23. The number of carbonyl (C=O) groups excluding carboxylic acids is 1. The van der Waals surface area contributed by atoms with Crippen molar-refractivity contribution in [3.8, 4) is 0 Å². The minimum absolute atomic E-state index is 0.163. The summed E-state index contributed by atoms with van der Waals surface area (Å²) in [6.07, 6.45) is 3.52. The Morgan fingerprint density at radius 2 is 2.00 bits per heavy atom. The number of carbonyl (C=O) groups is 2. The molecule has 1 fully saturated rings. The van der Waals surface area contributed by atoms with Crippen LogP contribution in [0.15, 0.2) is 47.5 Å². The number of rotatable bonds is 3. The van der Waals surface area contributed by atoms with Crippen molar-refractivity contribution in [2.45, 2.75) is 0 Å². The molecule has 1 aliphatic heterocycles. The zero-order valence-electron chi connectivity index (χ0n) is 11.1. The number of thiocarbonyl (C=S) groups is 1. The molecular weight excluding hydrogens is 320 g/mol. The summed E-state index contributed by atoms with van der Waals surface area (Å²) < 4.78 is 0.422. The van der Waals surface area contributed by atoms with Gasteiger partial charge in [0.1, 0.15) is 0 Å². The molecule has 1 aromatic carbocycles. The number of H-pyrrole nitrogens is 1. The number of nitrogens with one attached hydrogen (secondary N) is 1. The third-order valence-electron chi connectivity index (χ3n) is 3.07. The van der Waals surface area contributed by atoms with Crippen LogP contribution in [0.1, 0.15) is 16.1 Å². The quantitative estimate of drug-likeness (QED) is 0.668. The number of carboxylic acid groups (broad SMARTS) is 1. The summed E-state index contributed by atoms with van der Waals surface area (Å²) in [4.78, 5) is 28.3. The van der Waals surface area contributed by atoms with E-state index in [9.17, 15) is 9.59 Å². The van der Waals surface area contributed by atoms with Gasteiger partial charge in [0.05, 0.1) is 16.2 Å². The highest BCUT2D eigenvalue weighted by Gasteiger charge is 2.33. The number of anilines is 1. The molecule has 5 nitrogen and oxygen atoms in total.